The van der Waals surface area contributed by atoms with Crippen molar-refractivity contribution in [3.63, 3.8) is 0 Å². The van der Waals surface area contributed by atoms with Crippen LogP contribution in [0.5, 0.6) is 0 Å². The number of ether oxygens (including phenoxy) is 2. The maximum Gasteiger partial charge on any atom is 0.410 e. The zero-order valence-corrected chi connectivity index (χ0v) is 18.6. The number of hydrogen-bond acceptors (Lipinski definition) is 5. The predicted molar refractivity (Wildman–Crippen MR) is 113 cm³/mol. The van der Waals surface area contributed by atoms with E-state index in [9.17, 15) is 9.59 Å². The first-order valence-electron chi connectivity index (χ1n) is 11.8. The summed E-state index contributed by atoms with van der Waals surface area (Å²) in [5.41, 5.74) is -0.470. The van der Waals surface area contributed by atoms with Gasteiger partial charge in [0.15, 0.2) is 0 Å². The fourth-order valence-corrected chi connectivity index (χ4v) is 4.92. The normalized spacial score (nSPS) is 23.8. The van der Waals surface area contributed by atoms with Crippen LogP contribution in [-0.4, -0.2) is 53.8 Å². The smallest absolute Gasteiger partial charge is 0.410 e. The van der Waals surface area contributed by atoms with E-state index in [-0.39, 0.29) is 30.3 Å². The van der Waals surface area contributed by atoms with Gasteiger partial charge in [0.1, 0.15) is 17.7 Å². The van der Waals surface area contributed by atoms with E-state index < -0.39 is 5.60 Å². The summed E-state index contributed by atoms with van der Waals surface area (Å²) >= 11 is 0. The van der Waals surface area contributed by atoms with Crippen molar-refractivity contribution in [3.05, 3.63) is 0 Å². The van der Waals surface area contributed by atoms with Crippen LogP contribution in [0.25, 0.3) is 0 Å². The van der Waals surface area contributed by atoms with Crippen molar-refractivity contribution in [1.82, 2.24) is 10.2 Å². The Labute approximate surface area is 176 Å². The highest BCUT2D eigenvalue weighted by Crippen LogP contribution is 2.29. The molecule has 1 N–H and O–H groups in total. The summed E-state index contributed by atoms with van der Waals surface area (Å²) in [6, 6.07) is 0.0470. The largest absolute Gasteiger partial charge is 0.461 e. The van der Waals surface area contributed by atoms with Crippen LogP contribution in [0.1, 0.15) is 91.4 Å². The van der Waals surface area contributed by atoms with E-state index in [1.54, 1.807) is 4.90 Å². The minimum absolute atomic E-state index is 0.0432. The third kappa shape index (κ3) is 6.87. The fraction of sp³-hybridized carbons (Fsp3) is 0.913. The fourth-order valence-electron chi connectivity index (χ4n) is 4.92. The number of likely N-dealkylation sites (tertiary alicyclic amines) is 1. The van der Waals surface area contributed by atoms with E-state index in [0.717, 1.165) is 38.5 Å². The number of nitrogens with zero attached hydrogens (tertiary/aromatic N) is 1. The van der Waals surface area contributed by atoms with Gasteiger partial charge in [0.25, 0.3) is 0 Å². The number of carbonyl (C=O) groups is 2. The summed E-state index contributed by atoms with van der Waals surface area (Å²) < 4.78 is 11.4. The second-order valence-corrected chi connectivity index (χ2v) is 10.1. The highest BCUT2D eigenvalue weighted by atomic mass is 16.6. The first-order valence-corrected chi connectivity index (χ1v) is 11.8. The topological polar surface area (TPSA) is 67.9 Å². The third-order valence-corrected chi connectivity index (χ3v) is 6.52. The second-order valence-electron chi connectivity index (χ2n) is 10.1. The van der Waals surface area contributed by atoms with Crippen LogP contribution < -0.4 is 5.32 Å². The molecular formula is C23H40N2O4. The van der Waals surface area contributed by atoms with Crippen LogP contribution >= 0.6 is 0 Å². The minimum Gasteiger partial charge on any atom is -0.461 e. The number of nitrogens with one attached hydrogen (secondary N) is 1. The van der Waals surface area contributed by atoms with E-state index in [1.165, 1.54) is 32.1 Å². The van der Waals surface area contributed by atoms with Gasteiger partial charge in [-0.3, -0.25) is 4.79 Å². The van der Waals surface area contributed by atoms with E-state index in [1.807, 2.05) is 20.8 Å². The summed E-state index contributed by atoms with van der Waals surface area (Å²) in [6.07, 6.45) is 11.8. The molecule has 0 aromatic heterocycles. The molecule has 1 atom stereocenters. The number of hydrogen-bond donors (Lipinski definition) is 1. The third-order valence-electron chi connectivity index (χ3n) is 6.52. The molecule has 29 heavy (non-hydrogen) atoms. The quantitative estimate of drug-likeness (QED) is 0.683. The molecule has 0 aromatic carbocycles. The predicted octanol–water partition coefficient (Wildman–Crippen LogP) is 4.41. The summed E-state index contributed by atoms with van der Waals surface area (Å²) in [6.45, 7) is 7.01. The lowest BCUT2D eigenvalue weighted by atomic mass is 9.83. The van der Waals surface area contributed by atoms with Crippen molar-refractivity contribution < 1.29 is 19.1 Å². The van der Waals surface area contributed by atoms with Crippen molar-refractivity contribution in [1.29, 1.82) is 0 Å². The minimum atomic E-state index is -0.470. The summed E-state index contributed by atoms with van der Waals surface area (Å²) in [5.74, 6) is 0.333. The molecule has 0 radical (unpaired) electrons. The van der Waals surface area contributed by atoms with Crippen molar-refractivity contribution in [2.24, 2.45) is 5.92 Å². The molecule has 1 amide bonds. The average molecular weight is 409 g/mol. The summed E-state index contributed by atoms with van der Waals surface area (Å²) in [4.78, 5) is 27.1. The molecule has 6 heteroatoms. The number of carbonyl (C=O) groups excluding carboxylic acids is 2. The van der Waals surface area contributed by atoms with Crippen molar-refractivity contribution in [2.75, 3.05) is 13.1 Å². The SMILES string of the molecule is CC(C)(C)OC(=O)N1CCC(N[C@H](C(=O)OC2CCCC2)C2CCCCC2)CC1. The zero-order chi connectivity index (χ0) is 20.9. The second kappa shape index (κ2) is 10.1. The highest BCUT2D eigenvalue weighted by molar-refractivity contribution is 5.76. The Morgan fingerprint density at radius 3 is 2.07 bits per heavy atom. The lowest BCUT2D eigenvalue weighted by Gasteiger charge is -2.37. The van der Waals surface area contributed by atoms with Gasteiger partial charge in [-0.2, -0.15) is 0 Å². The molecule has 6 nitrogen and oxygen atoms in total. The summed E-state index contributed by atoms with van der Waals surface area (Å²) in [5, 5.41) is 3.65. The molecule has 2 aliphatic carbocycles. The molecule has 3 rings (SSSR count). The summed E-state index contributed by atoms with van der Waals surface area (Å²) in [7, 11) is 0. The molecule has 0 unspecified atom stereocenters. The molecule has 1 aliphatic heterocycles. The molecule has 3 aliphatic rings. The zero-order valence-electron chi connectivity index (χ0n) is 18.6. The molecular weight excluding hydrogens is 368 g/mol. The number of amides is 1. The number of esters is 1. The van der Waals surface area contributed by atoms with Gasteiger partial charge >= 0.3 is 12.1 Å². The van der Waals surface area contributed by atoms with E-state index in [4.69, 9.17) is 9.47 Å². The Kier molecular flexibility index (Phi) is 7.83. The average Bonchev–Trinajstić information content (AvgIpc) is 3.19. The standard InChI is InChI=1S/C23H40N2O4/c1-23(2,3)29-22(27)25-15-13-18(14-16-25)24-20(17-9-5-4-6-10-17)21(26)28-19-11-7-8-12-19/h17-20,24H,4-16H2,1-3H3/t20-/m0/s1. The molecule has 166 valence electrons. The van der Waals surface area contributed by atoms with Crippen molar-refractivity contribution in [3.8, 4) is 0 Å². The molecule has 1 saturated heterocycles. The lowest BCUT2D eigenvalue weighted by molar-refractivity contribution is -0.153. The Hall–Kier alpha value is -1.30. The number of rotatable bonds is 5. The Bertz CT molecular complexity index is 540. The van der Waals surface area contributed by atoms with Crippen LogP contribution in [0.3, 0.4) is 0 Å². The van der Waals surface area contributed by atoms with Gasteiger partial charge < -0.3 is 19.7 Å². The van der Waals surface area contributed by atoms with Gasteiger partial charge in [0.05, 0.1) is 0 Å². The van der Waals surface area contributed by atoms with Gasteiger partial charge in [-0.25, -0.2) is 4.79 Å². The molecule has 3 fully saturated rings. The van der Waals surface area contributed by atoms with Gasteiger partial charge in [0, 0.05) is 19.1 Å². The van der Waals surface area contributed by atoms with Crippen LogP contribution in [0.15, 0.2) is 0 Å². The van der Waals surface area contributed by atoms with Gasteiger partial charge in [-0.15, -0.1) is 0 Å². The number of piperidine rings is 1. The van der Waals surface area contributed by atoms with Crippen LogP contribution in [0, 0.1) is 5.92 Å². The van der Waals surface area contributed by atoms with Crippen LogP contribution in [-0.2, 0) is 14.3 Å². The highest BCUT2D eigenvalue weighted by Gasteiger charge is 2.36. The van der Waals surface area contributed by atoms with Crippen molar-refractivity contribution >= 4 is 12.1 Å². The monoisotopic (exact) mass is 408 g/mol. The maximum absolute atomic E-state index is 13.0. The molecule has 0 aromatic rings. The molecule has 0 bridgehead atoms. The van der Waals surface area contributed by atoms with Gasteiger partial charge in [-0.05, 0) is 78.1 Å². The van der Waals surface area contributed by atoms with Crippen LogP contribution in [0.2, 0.25) is 0 Å². The molecule has 1 heterocycles. The first kappa shape index (κ1) is 22.4. The van der Waals surface area contributed by atoms with E-state index in [2.05, 4.69) is 5.32 Å². The first-order chi connectivity index (χ1) is 13.8. The Morgan fingerprint density at radius 1 is 0.897 bits per heavy atom. The maximum atomic E-state index is 13.0. The van der Waals surface area contributed by atoms with E-state index in [0.29, 0.717) is 19.0 Å². The van der Waals surface area contributed by atoms with Gasteiger partial charge in [0.2, 0.25) is 0 Å². The Morgan fingerprint density at radius 2 is 1.48 bits per heavy atom. The Balaban J connectivity index is 1.53. The molecule has 2 saturated carbocycles. The van der Waals surface area contributed by atoms with Crippen molar-refractivity contribution in [2.45, 2.75) is 115 Å². The van der Waals surface area contributed by atoms with E-state index >= 15 is 0 Å². The lowest BCUT2D eigenvalue weighted by Crippen LogP contribution is -2.53. The van der Waals surface area contributed by atoms with Gasteiger partial charge in [-0.1, -0.05) is 19.3 Å². The van der Waals surface area contributed by atoms with Crippen LogP contribution in [0.4, 0.5) is 4.79 Å². The molecule has 0 spiro atoms.